The van der Waals surface area contributed by atoms with Gasteiger partial charge in [0.25, 0.3) is 0 Å². The molecule has 0 unspecified atom stereocenters. The number of ether oxygens (including phenoxy) is 2. The van der Waals surface area contributed by atoms with Crippen molar-refractivity contribution in [3.63, 3.8) is 0 Å². The van der Waals surface area contributed by atoms with Crippen LogP contribution in [0, 0.1) is 0 Å². The minimum absolute atomic E-state index is 0.264. The summed E-state index contributed by atoms with van der Waals surface area (Å²) >= 11 is 0. The van der Waals surface area contributed by atoms with Crippen LogP contribution in [0.25, 0.3) is 6.08 Å². The molecule has 20 heavy (non-hydrogen) atoms. The van der Waals surface area contributed by atoms with Crippen LogP contribution in [0.1, 0.15) is 31.2 Å². The topological polar surface area (TPSA) is 43.4 Å². The summed E-state index contributed by atoms with van der Waals surface area (Å²) in [5.74, 6) is 0.819. The third-order valence-corrected chi connectivity index (χ3v) is 3.40. The second kappa shape index (κ2) is 8.72. The summed E-state index contributed by atoms with van der Waals surface area (Å²) in [6, 6.07) is 1.95. The van der Waals surface area contributed by atoms with Gasteiger partial charge in [-0.05, 0) is 37.6 Å². The summed E-state index contributed by atoms with van der Waals surface area (Å²) in [7, 11) is 0. The number of pyridine rings is 1. The van der Waals surface area contributed by atoms with E-state index >= 15 is 0 Å². The Morgan fingerprint density at radius 2 is 2.00 bits per heavy atom. The highest BCUT2D eigenvalue weighted by Crippen LogP contribution is 2.18. The first-order chi connectivity index (χ1) is 9.88. The van der Waals surface area contributed by atoms with E-state index in [2.05, 4.69) is 16.9 Å². The van der Waals surface area contributed by atoms with Gasteiger partial charge >= 0.3 is 0 Å². The van der Waals surface area contributed by atoms with Crippen LogP contribution in [0.15, 0.2) is 25.0 Å². The highest BCUT2D eigenvalue weighted by molar-refractivity contribution is 5.47. The molecule has 2 saturated heterocycles. The van der Waals surface area contributed by atoms with Gasteiger partial charge in [0.05, 0.1) is 19.4 Å². The van der Waals surface area contributed by atoms with E-state index in [0.29, 0.717) is 0 Å². The van der Waals surface area contributed by atoms with Crippen molar-refractivity contribution < 1.29 is 9.47 Å². The minimum Gasteiger partial charge on any atom is -0.489 e. The van der Waals surface area contributed by atoms with E-state index in [1.165, 1.54) is 25.9 Å². The summed E-state index contributed by atoms with van der Waals surface area (Å²) in [5.41, 5.74) is 0.986. The van der Waals surface area contributed by atoms with Crippen LogP contribution in [-0.4, -0.2) is 37.4 Å². The average molecular weight is 276 g/mol. The van der Waals surface area contributed by atoms with Crippen LogP contribution in [0.5, 0.6) is 5.75 Å². The zero-order chi connectivity index (χ0) is 14.0. The van der Waals surface area contributed by atoms with Crippen molar-refractivity contribution in [1.29, 1.82) is 0 Å². The van der Waals surface area contributed by atoms with Crippen LogP contribution in [0.2, 0.25) is 0 Å². The van der Waals surface area contributed by atoms with E-state index in [-0.39, 0.29) is 6.10 Å². The summed E-state index contributed by atoms with van der Waals surface area (Å²) in [4.78, 5) is 4.09. The van der Waals surface area contributed by atoms with Crippen LogP contribution in [-0.2, 0) is 4.74 Å². The Kier molecular flexibility index (Phi) is 6.54. The molecule has 1 aromatic rings. The number of nitrogens with one attached hydrogen (secondary N) is 1. The lowest BCUT2D eigenvalue weighted by molar-refractivity contribution is 0.0254. The maximum atomic E-state index is 5.81. The first kappa shape index (κ1) is 15.0. The Morgan fingerprint density at radius 1 is 1.25 bits per heavy atom. The molecule has 0 saturated carbocycles. The molecule has 0 radical (unpaired) electrons. The molecule has 0 aromatic carbocycles. The maximum Gasteiger partial charge on any atom is 0.138 e. The Hall–Kier alpha value is -1.39. The Balaban J connectivity index is 0.000000247. The van der Waals surface area contributed by atoms with Crippen LogP contribution >= 0.6 is 0 Å². The van der Waals surface area contributed by atoms with Gasteiger partial charge in [-0.1, -0.05) is 12.7 Å². The zero-order valence-electron chi connectivity index (χ0n) is 12.0. The van der Waals surface area contributed by atoms with Gasteiger partial charge in [-0.2, -0.15) is 0 Å². The average Bonchev–Trinajstić information content (AvgIpc) is 3.08. The Bertz CT molecular complexity index is 392. The molecular weight excluding hydrogens is 252 g/mol. The molecule has 2 fully saturated rings. The van der Waals surface area contributed by atoms with Gasteiger partial charge in [0.15, 0.2) is 0 Å². The second-order valence-electron chi connectivity index (χ2n) is 5.04. The predicted molar refractivity (Wildman–Crippen MR) is 80.9 cm³/mol. The van der Waals surface area contributed by atoms with E-state index in [1.807, 2.05) is 6.07 Å². The van der Waals surface area contributed by atoms with E-state index in [4.69, 9.17) is 9.47 Å². The fourth-order valence-corrected chi connectivity index (χ4v) is 2.22. The van der Waals surface area contributed by atoms with Gasteiger partial charge in [-0.15, -0.1) is 0 Å². The van der Waals surface area contributed by atoms with E-state index < -0.39 is 0 Å². The van der Waals surface area contributed by atoms with Crippen molar-refractivity contribution in [2.45, 2.75) is 31.8 Å². The lowest BCUT2D eigenvalue weighted by atomic mass is 10.1. The van der Waals surface area contributed by atoms with Gasteiger partial charge in [0.1, 0.15) is 11.9 Å². The molecular formula is C16H24N2O2. The first-order valence-corrected chi connectivity index (χ1v) is 7.41. The molecule has 4 heteroatoms. The van der Waals surface area contributed by atoms with Crippen molar-refractivity contribution in [2.75, 3.05) is 26.3 Å². The number of rotatable bonds is 3. The molecule has 0 bridgehead atoms. The monoisotopic (exact) mass is 276 g/mol. The van der Waals surface area contributed by atoms with Gasteiger partial charge in [-0.25, -0.2) is 0 Å². The predicted octanol–water partition coefficient (Wildman–Crippen LogP) is 2.65. The van der Waals surface area contributed by atoms with Gasteiger partial charge in [0, 0.05) is 19.0 Å². The largest absolute Gasteiger partial charge is 0.489 e. The quantitative estimate of drug-likeness (QED) is 0.921. The van der Waals surface area contributed by atoms with E-state index in [9.17, 15) is 0 Å². The fraction of sp³-hybridized carbons (Fsp3) is 0.562. The van der Waals surface area contributed by atoms with Gasteiger partial charge in [0.2, 0.25) is 0 Å². The van der Waals surface area contributed by atoms with Crippen molar-refractivity contribution in [3.05, 3.63) is 30.6 Å². The van der Waals surface area contributed by atoms with Crippen LogP contribution in [0.4, 0.5) is 0 Å². The van der Waals surface area contributed by atoms with E-state index in [0.717, 1.165) is 37.4 Å². The normalized spacial score (nSPS) is 19.0. The molecule has 0 aliphatic carbocycles. The summed E-state index contributed by atoms with van der Waals surface area (Å²) in [6.07, 6.45) is 10.2. The van der Waals surface area contributed by atoms with Crippen molar-refractivity contribution in [2.24, 2.45) is 0 Å². The number of aromatic nitrogens is 1. The smallest absolute Gasteiger partial charge is 0.138 e. The van der Waals surface area contributed by atoms with Crippen LogP contribution < -0.4 is 10.1 Å². The van der Waals surface area contributed by atoms with Gasteiger partial charge in [-0.3, -0.25) is 4.98 Å². The molecule has 0 atom stereocenters. The van der Waals surface area contributed by atoms with E-state index in [1.54, 1.807) is 18.5 Å². The number of nitrogens with zero attached hydrogens (tertiary/aromatic N) is 1. The summed E-state index contributed by atoms with van der Waals surface area (Å²) in [6.45, 7) is 7.79. The lowest BCUT2D eigenvalue weighted by Gasteiger charge is -2.23. The van der Waals surface area contributed by atoms with Gasteiger partial charge < -0.3 is 14.8 Å². The molecule has 0 amide bonds. The second-order valence-corrected chi connectivity index (χ2v) is 5.04. The summed E-state index contributed by atoms with van der Waals surface area (Å²) in [5, 5.41) is 3.22. The van der Waals surface area contributed by atoms with Crippen molar-refractivity contribution in [1.82, 2.24) is 10.3 Å². The third kappa shape index (κ3) is 5.31. The Morgan fingerprint density at radius 3 is 2.60 bits per heavy atom. The highest BCUT2D eigenvalue weighted by Gasteiger charge is 2.15. The van der Waals surface area contributed by atoms with Crippen LogP contribution in [0.3, 0.4) is 0 Å². The summed E-state index contributed by atoms with van der Waals surface area (Å²) < 4.78 is 11.1. The minimum atomic E-state index is 0.264. The molecule has 3 heterocycles. The molecule has 3 rings (SSSR count). The third-order valence-electron chi connectivity index (χ3n) is 3.40. The van der Waals surface area contributed by atoms with Crippen molar-refractivity contribution >= 4 is 6.08 Å². The first-order valence-electron chi connectivity index (χ1n) is 7.41. The molecule has 2 aliphatic heterocycles. The van der Waals surface area contributed by atoms with Crippen molar-refractivity contribution in [3.8, 4) is 5.75 Å². The SMILES string of the molecule is C1CCNC1.C=Cc1cncc(OC2CCOCC2)c1. The lowest BCUT2D eigenvalue weighted by Crippen LogP contribution is -2.25. The zero-order valence-corrected chi connectivity index (χ0v) is 12.0. The standard InChI is InChI=1S/C12H15NO2.C4H9N/c1-2-10-7-12(9-13-8-10)15-11-3-5-14-6-4-11;1-2-4-5-3-1/h2,7-9,11H,1,3-6H2;5H,1-4H2. The molecule has 1 N–H and O–H groups in total. The Labute approximate surface area is 121 Å². The highest BCUT2D eigenvalue weighted by atomic mass is 16.5. The number of hydrogen-bond acceptors (Lipinski definition) is 4. The molecule has 1 aromatic heterocycles. The fourth-order valence-electron chi connectivity index (χ4n) is 2.22. The number of hydrogen-bond donors (Lipinski definition) is 1. The molecule has 2 aliphatic rings. The maximum absolute atomic E-state index is 5.81. The molecule has 4 nitrogen and oxygen atoms in total. The molecule has 110 valence electrons. The molecule has 0 spiro atoms.